The van der Waals surface area contributed by atoms with Gasteiger partial charge in [0.2, 0.25) is 5.91 Å². The number of aromatic amines is 1. The smallest absolute Gasteiger partial charge is 0.326 e. The van der Waals surface area contributed by atoms with Crippen molar-refractivity contribution in [3.05, 3.63) is 18.2 Å². The summed E-state index contributed by atoms with van der Waals surface area (Å²) < 4.78 is 5.16. The number of aromatic nitrogens is 2. The molecule has 0 saturated carbocycles. The number of imidazole rings is 1. The number of H-pyrrole nitrogens is 1. The Morgan fingerprint density at radius 1 is 1.55 bits per heavy atom. The van der Waals surface area contributed by atoms with Crippen molar-refractivity contribution in [2.45, 2.75) is 30.8 Å². The van der Waals surface area contributed by atoms with Gasteiger partial charge in [-0.3, -0.25) is 4.79 Å². The third-order valence-electron chi connectivity index (χ3n) is 3.42. The largest absolute Gasteiger partial charge is 0.480 e. The second-order valence-corrected chi connectivity index (χ2v) is 4.91. The lowest BCUT2D eigenvalue weighted by Gasteiger charge is -2.32. The van der Waals surface area contributed by atoms with E-state index in [1.807, 2.05) is 0 Å². The summed E-state index contributed by atoms with van der Waals surface area (Å²) >= 11 is 0. The Morgan fingerprint density at radius 2 is 2.25 bits per heavy atom. The molecule has 110 valence electrons. The van der Waals surface area contributed by atoms with Gasteiger partial charge in [-0.25, -0.2) is 9.78 Å². The Labute approximate surface area is 115 Å². The second kappa shape index (κ2) is 6.02. The highest BCUT2D eigenvalue weighted by Crippen LogP contribution is 2.18. The summed E-state index contributed by atoms with van der Waals surface area (Å²) in [6.07, 6.45) is 3.88. The fraction of sp³-hybridized carbons (Fsp3) is 0.583. The van der Waals surface area contributed by atoms with Crippen LogP contribution in [0.2, 0.25) is 0 Å². The van der Waals surface area contributed by atoms with E-state index in [0.717, 1.165) is 0 Å². The van der Waals surface area contributed by atoms with E-state index in [9.17, 15) is 14.7 Å². The van der Waals surface area contributed by atoms with Crippen molar-refractivity contribution in [1.29, 1.82) is 0 Å². The molecule has 1 aromatic heterocycles. The molecule has 0 unspecified atom stereocenters. The number of aliphatic carboxylic acids is 1. The van der Waals surface area contributed by atoms with Crippen LogP contribution in [0.25, 0.3) is 0 Å². The molecule has 0 spiro atoms. The number of hydrogen-bond acceptors (Lipinski definition) is 5. The molecule has 1 aliphatic heterocycles. The van der Waals surface area contributed by atoms with Crippen molar-refractivity contribution in [2.75, 3.05) is 13.2 Å². The highest BCUT2D eigenvalue weighted by atomic mass is 16.5. The first kappa shape index (κ1) is 14.5. The third-order valence-corrected chi connectivity index (χ3v) is 3.42. The molecule has 0 aromatic carbocycles. The molecule has 1 atom stereocenters. The highest BCUT2D eigenvalue weighted by Gasteiger charge is 2.37. The van der Waals surface area contributed by atoms with E-state index in [1.165, 1.54) is 12.5 Å². The lowest BCUT2D eigenvalue weighted by Crippen LogP contribution is -2.60. The molecule has 8 nitrogen and oxygen atoms in total. The van der Waals surface area contributed by atoms with Gasteiger partial charge in [0, 0.05) is 31.5 Å². The number of nitrogens with zero attached hydrogens (tertiary/aromatic N) is 1. The molecule has 0 bridgehead atoms. The summed E-state index contributed by atoms with van der Waals surface area (Å²) in [5, 5.41) is 11.7. The van der Waals surface area contributed by atoms with E-state index >= 15 is 0 Å². The predicted octanol–water partition coefficient (Wildman–Crippen LogP) is -0.970. The van der Waals surface area contributed by atoms with Gasteiger partial charge in [-0.05, 0) is 12.8 Å². The number of carboxylic acids is 1. The van der Waals surface area contributed by atoms with Crippen LogP contribution in [0.3, 0.4) is 0 Å². The van der Waals surface area contributed by atoms with Crippen molar-refractivity contribution in [3.63, 3.8) is 0 Å². The molecule has 20 heavy (non-hydrogen) atoms. The van der Waals surface area contributed by atoms with Crippen LogP contribution in [-0.2, 0) is 20.7 Å². The normalized spacial score (nSPS) is 19.2. The van der Waals surface area contributed by atoms with E-state index in [-0.39, 0.29) is 6.42 Å². The van der Waals surface area contributed by atoms with Crippen LogP contribution in [0.15, 0.2) is 12.5 Å². The summed E-state index contributed by atoms with van der Waals surface area (Å²) in [6.45, 7) is 0.810. The summed E-state index contributed by atoms with van der Waals surface area (Å²) in [7, 11) is 0. The zero-order valence-electron chi connectivity index (χ0n) is 11.0. The average molecular weight is 282 g/mol. The number of carbonyl (C=O) groups excluding carboxylic acids is 1. The van der Waals surface area contributed by atoms with Crippen molar-refractivity contribution in [1.82, 2.24) is 15.3 Å². The molecular weight excluding hydrogens is 264 g/mol. The quantitative estimate of drug-likeness (QED) is 0.549. The highest BCUT2D eigenvalue weighted by molar-refractivity contribution is 5.90. The molecule has 1 saturated heterocycles. The minimum Gasteiger partial charge on any atom is -0.480 e. The molecule has 1 fully saturated rings. The van der Waals surface area contributed by atoms with E-state index < -0.39 is 23.5 Å². The molecule has 1 aromatic rings. The van der Waals surface area contributed by atoms with E-state index in [4.69, 9.17) is 10.5 Å². The lowest BCUT2D eigenvalue weighted by atomic mass is 9.90. The molecule has 5 N–H and O–H groups in total. The minimum absolute atomic E-state index is 0.133. The van der Waals surface area contributed by atoms with Gasteiger partial charge in [-0.1, -0.05) is 0 Å². The number of carboxylic acid groups (broad SMARTS) is 1. The van der Waals surface area contributed by atoms with Crippen molar-refractivity contribution < 1.29 is 19.4 Å². The monoisotopic (exact) mass is 282 g/mol. The Balaban J connectivity index is 2.00. The first-order valence-corrected chi connectivity index (χ1v) is 6.39. The van der Waals surface area contributed by atoms with Crippen LogP contribution in [0.4, 0.5) is 0 Å². The van der Waals surface area contributed by atoms with Crippen LogP contribution < -0.4 is 11.1 Å². The van der Waals surface area contributed by atoms with Crippen molar-refractivity contribution in [3.8, 4) is 0 Å². The fourth-order valence-electron chi connectivity index (χ4n) is 2.08. The van der Waals surface area contributed by atoms with E-state index in [2.05, 4.69) is 15.3 Å². The number of carbonyl (C=O) groups is 2. The molecule has 2 rings (SSSR count). The average Bonchev–Trinajstić information content (AvgIpc) is 2.91. The predicted molar refractivity (Wildman–Crippen MR) is 68.8 cm³/mol. The third kappa shape index (κ3) is 3.34. The molecule has 1 amide bonds. The SMILES string of the molecule is NC1(C(=O)N[C@@H](Cc2cnc[nH]2)C(=O)O)CCOCC1. The summed E-state index contributed by atoms with van der Waals surface area (Å²) in [5.41, 5.74) is 5.60. The molecule has 2 heterocycles. The maximum atomic E-state index is 12.2. The van der Waals surface area contributed by atoms with Crippen LogP contribution in [0.5, 0.6) is 0 Å². The summed E-state index contributed by atoms with van der Waals surface area (Å²) in [4.78, 5) is 30.0. The summed E-state index contributed by atoms with van der Waals surface area (Å²) in [5.74, 6) is -1.56. The Bertz CT molecular complexity index is 468. The van der Waals surface area contributed by atoms with Crippen molar-refractivity contribution >= 4 is 11.9 Å². The molecule has 8 heteroatoms. The minimum atomic E-state index is -1.11. The van der Waals surface area contributed by atoms with Gasteiger partial charge in [0.15, 0.2) is 0 Å². The van der Waals surface area contributed by atoms with Gasteiger partial charge in [0.1, 0.15) is 6.04 Å². The van der Waals surface area contributed by atoms with E-state index in [0.29, 0.717) is 31.7 Å². The zero-order valence-corrected chi connectivity index (χ0v) is 11.0. The standard InChI is InChI=1S/C12H18N4O4/c13-12(1-3-20-4-2-12)11(19)16-9(10(17)18)5-8-6-14-7-15-8/h6-7,9H,1-5,13H2,(H,14,15)(H,16,19)(H,17,18)/t9-/m0/s1. The number of amides is 1. The van der Waals surface area contributed by atoms with Gasteiger partial charge in [0.05, 0.1) is 11.9 Å². The number of nitrogens with one attached hydrogen (secondary N) is 2. The first-order chi connectivity index (χ1) is 9.51. The van der Waals surface area contributed by atoms with Gasteiger partial charge in [-0.2, -0.15) is 0 Å². The number of ether oxygens (including phenoxy) is 1. The Hall–Kier alpha value is -1.93. The maximum Gasteiger partial charge on any atom is 0.326 e. The van der Waals surface area contributed by atoms with Crippen LogP contribution >= 0.6 is 0 Å². The van der Waals surface area contributed by atoms with Gasteiger partial charge in [-0.15, -0.1) is 0 Å². The number of rotatable bonds is 5. The summed E-state index contributed by atoms with van der Waals surface area (Å²) in [6, 6.07) is -1.04. The van der Waals surface area contributed by atoms with Crippen LogP contribution in [0.1, 0.15) is 18.5 Å². The Morgan fingerprint density at radius 3 is 2.80 bits per heavy atom. The Kier molecular flexibility index (Phi) is 4.35. The second-order valence-electron chi connectivity index (χ2n) is 4.91. The molecule has 0 aliphatic carbocycles. The van der Waals surface area contributed by atoms with E-state index in [1.54, 1.807) is 0 Å². The van der Waals surface area contributed by atoms with Crippen molar-refractivity contribution in [2.24, 2.45) is 5.73 Å². The maximum absolute atomic E-state index is 12.2. The molecular formula is C12H18N4O4. The number of hydrogen-bond donors (Lipinski definition) is 4. The lowest BCUT2D eigenvalue weighted by molar-refractivity contribution is -0.143. The van der Waals surface area contributed by atoms with Gasteiger partial charge < -0.3 is 25.9 Å². The molecule has 1 aliphatic rings. The topological polar surface area (TPSA) is 130 Å². The zero-order chi connectivity index (χ0) is 14.6. The van der Waals surface area contributed by atoms with Gasteiger partial charge >= 0.3 is 5.97 Å². The first-order valence-electron chi connectivity index (χ1n) is 6.39. The van der Waals surface area contributed by atoms with Crippen LogP contribution in [0, 0.1) is 0 Å². The van der Waals surface area contributed by atoms with Gasteiger partial charge in [0.25, 0.3) is 0 Å². The fourth-order valence-corrected chi connectivity index (χ4v) is 2.08. The van der Waals surface area contributed by atoms with Crippen LogP contribution in [-0.4, -0.2) is 51.7 Å². The number of nitrogens with two attached hydrogens (primary N) is 1. The molecule has 0 radical (unpaired) electrons.